The first kappa shape index (κ1) is 20.5. The molecule has 0 saturated carbocycles. The molecule has 0 saturated heterocycles. The van der Waals surface area contributed by atoms with E-state index in [0.29, 0.717) is 29.5 Å². The Morgan fingerprint density at radius 2 is 1.97 bits per heavy atom. The van der Waals surface area contributed by atoms with Gasteiger partial charge in [-0.15, -0.1) is 10.2 Å². The molecule has 2 aromatic carbocycles. The maximum absolute atomic E-state index is 13.2. The minimum Gasteiger partial charge on any atom is -0.329 e. The highest BCUT2D eigenvalue weighted by molar-refractivity contribution is 6.31. The van der Waals surface area contributed by atoms with E-state index in [4.69, 9.17) is 11.6 Å². The largest absolute Gasteiger partial charge is 0.329 e. The molecule has 4 rings (SSSR count). The number of halogens is 3. The third kappa shape index (κ3) is 3.81. The summed E-state index contributed by atoms with van der Waals surface area (Å²) in [5.41, 5.74) is 1.76. The van der Waals surface area contributed by atoms with Gasteiger partial charge in [0.1, 0.15) is 12.1 Å². The third-order valence-electron chi connectivity index (χ3n) is 5.46. The predicted octanol–water partition coefficient (Wildman–Crippen LogP) is 5.92. The summed E-state index contributed by atoms with van der Waals surface area (Å²) < 4.78 is 28.2. The molecule has 5 nitrogen and oxygen atoms in total. The second-order valence-electron chi connectivity index (χ2n) is 8.12. The fourth-order valence-corrected chi connectivity index (χ4v) is 3.56. The van der Waals surface area contributed by atoms with Crippen LogP contribution in [0.15, 0.2) is 48.8 Å². The lowest BCUT2D eigenvalue weighted by atomic mass is 9.86. The van der Waals surface area contributed by atoms with Gasteiger partial charge in [0.25, 0.3) is 5.78 Å². The van der Waals surface area contributed by atoms with E-state index in [2.05, 4.69) is 15.2 Å². The molecule has 0 aliphatic rings. The zero-order chi connectivity index (χ0) is 21.5. The van der Waals surface area contributed by atoms with Crippen LogP contribution in [0.1, 0.15) is 25.8 Å². The van der Waals surface area contributed by atoms with Gasteiger partial charge in [0, 0.05) is 28.6 Å². The molecule has 0 N–H and O–H groups in total. The van der Waals surface area contributed by atoms with Crippen molar-refractivity contribution >= 4 is 39.8 Å². The minimum atomic E-state index is -2.35. The summed E-state index contributed by atoms with van der Waals surface area (Å²) in [5, 5.41) is 9.56. The van der Waals surface area contributed by atoms with E-state index in [-0.39, 0.29) is 0 Å². The molecule has 0 radical (unpaired) electrons. The van der Waals surface area contributed by atoms with Crippen molar-refractivity contribution in [1.29, 1.82) is 0 Å². The number of aryl methyl sites for hydroxylation is 1. The standard InChI is InChI=1S/C22H22ClF2N5/c1-22(2,20(24)25)10-9-14-5-4-6-16(11-14)29(3)19-17-8-7-15(23)12-18(17)30-13-26-28-21(30)27-19/h4-8,11-13,20H,9-10H2,1-3H3. The molecule has 0 atom stereocenters. The van der Waals surface area contributed by atoms with Crippen LogP contribution >= 0.6 is 11.6 Å². The lowest BCUT2D eigenvalue weighted by molar-refractivity contribution is 0.0143. The molecule has 4 aromatic rings. The first-order valence-corrected chi connectivity index (χ1v) is 10.0. The second kappa shape index (κ2) is 7.80. The van der Waals surface area contributed by atoms with Gasteiger partial charge in [-0.2, -0.15) is 4.98 Å². The molecule has 30 heavy (non-hydrogen) atoms. The number of nitrogens with zero attached hydrogens (tertiary/aromatic N) is 5. The molecule has 0 amide bonds. The van der Waals surface area contributed by atoms with Gasteiger partial charge in [-0.3, -0.25) is 4.40 Å². The zero-order valence-corrected chi connectivity index (χ0v) is 17.7. The Kier molecular flexibility index (Phi) is 5.32. The van der Waals surface area contributed by atoms with Gasteiger partial charge >= 0.3 is 0 Å². The fraction of sp³-hybridized carbons (Fsp3) is 0.318. The summed E-state index contributed by atoms with van der Waals surface area (Å²) in [6.45, 7) is 3.20. The Balaban J connectivity index is 1.71. The van der Waals surface area contributed by atoms with E-state index in [1.807, 2.05) is 54.4 Å². The number of alkyl halides is 2. The average Bonchev–Trinajstić information content (AvgIpc) is 3.20. The van der Waals surface area contributed by atoms with Gasteiger partial charge in [0.2, 0.25) is 6.43 Å². The maximum Gasteiger partial charge on any atom is 0.257 e. The van der Waals surface area contributed by atoms with Crippen molar-refractivity contribution in [3.8, 4) is 0 Å². The van der Waals surface area contributed by atoms with E-state index in [0.717, 1.165) is 22.2 Å². The van der Waals surface area contributed by atoms with Crippen molar-refractivity contribution in [3.05, 3.63) is 59.4 Å². The molecule has 0 unspecified atom stereocenters. The van der Waals surface area contributed by atoms with Gasteiger partial charge in [-0.1, -0.05) is 37.6 Å². The highest BCUT2D eigenvalue weighted by atomic mass is 35.5. The molecule has 0 fully saturated rings. The lowest BCUT2D eigenvalue weighted by Gasteiger charge is -2.24. The Hall–Kier alpha value is -2.80. The zero-order valence-electron chi connectivity index (χ0n) is 17.0. The molecule has 0 spiro atoms. The average molecular weight is 430 g/mol. The smallest absolute Gasteiger partial charge is 0.257 e. The lowest BCUT2D eigenvalue weighted by Crippen LogP contribution is -2.22. The van der Waals surface area contributed by atoms with Crippen molar-refractivity contribution in [3.63, 3.8) is 0 Å². The summed E-state index contributed by atoms with van der Waals surface area (Å²) in [6, 6.07) is 13.5. The summed E-state index contributed by atoms with van der Waals surface area (Å²) in [4.78, 5) is 6.65. The van der Waals surface area contributed by atoms with Crippen molar-refractivity contribution in [2.24, 2.45) is 5.41 Å². The van der Waals surface area contributed by atoms with Crippen molar-refractivity contribution < 1.29 is 8.78 Å². The molecule has 156 valence electrons. The van der Waals surface area contributed by atoms with Crippen LogP contribution in [0.5, 0.6) is 0 Å². The van der Waals surface area contributed by atoms with Gasteiger partial charge in [0.15, 0.2) is 0 Å². The SMILES string of the molecule is CN(c1cccc(CCC(C)(C)C(F)F)c1)c1nc2nncn2c2cc(Cl)ccc12. The van der Waals surface area contributed by atoms with Crippen molar-refractivity contribution in [2.75, 3.05) is 11.9 Å². The van der Waals surface area contributed by atoms with Crippen molar-refractivity contribution in [2.45, 2.75) is 33.1 Å². The number of aromatic nitrogens is 4. The van der Waals surface area contributed by atoms with E-state index in [1.54, 1.807) is 24.6 Å². The van der Waals surface area contributed by atoms with Crippen LogP contribution in [0, 0.1) is 5.41 Å². The van der Waals surface area contributed by atoms with E-state index >= 15 is 0 Å². The third-order valence-corrected chi connectivity index (χ3v) is 5.70. The second-order valence-corrected chi connectivity index (χ2v) is 8.55. The number of benzene rings is 2. The molecule has 0 aliphatic carbocycles. The Morgan fingerprint density at radius 1 is 1.17 bits per heavy atom. The first-order valence-electron chi connectivity index (χ1n) is 9.66. The Labute approximate surface area is 178 Å². The predicted molar refractivity (Wildman–Crippen MR) is 116 cm³/mol. The molecule has 0 aliphatic heterocycles. The minimum absolute atomic E-state index is 0.406. The first-order chi connectivity index (χ1) is 14.3. The van der Waals surface area contributed by atoms with Gasteiger partial charge in [-0.05, 0) is 48.7 Å². The summed E-state index contributed by atoms with van der Waals surface area (Å²) in [5.74, 6) is 1.19. The Morgan fingerprint density at radius 3 is 2.73 bits per heavy atom. The van der Waals surface area contributed by atoms with Crippen LogP contribution in [0.2, 0.25) is 5.02 Å². The van der Waals surface area contributed by atoms with E-state index < -0.39 is 11.8 Å². The molecular weight excluding hydrogens is 408 g/mol. The topological polar surface area (TPSA) is 46.3 Å². The molecular formula is C22H22ClF2N5. The van der Waals surface area contributed by atoms with E-state index in [1.165, 1.54) is 0 Å². The maximum atomic E-state index is 13.2. The summed E-state index contributed by atoms with van der Waals surface area (Å²) >= 11 is 6.21. The van der Waals surface area contributed by atoms with Gasteiger partial charge in [0.05, 0.1) is 5.52 Å². The van der Waals surface area contributed by atoms with Crippen LogP contribution < -0.4 is 4.90 Å². The number of hydrogen-bond acceptors (Lipinski definition) is 4. The van der Waals surface area contributed by atoms with Crippen LogP contribution in [0.3, 0.4) is 0 Å². The number of fused-ring (bicyclic) bond motifs is 3. The molecule has 2 aromatic heterocycles. The van der Waals surface area contributed by atoms with Crippen LogP contribution in [0.4, 0.5) is 20.3 Å². The molecule has 0 bridgehead atoms. The van der Waals surface area contributed by atoms with Crippen LogP contribution in [-0.2, 0) is 6.42 Å². The quantitative estimate of drug-likeness (QED) is 0.381. The van der Waals surface area contributed by atoms with Crippen LogP contribution in [-0.4, -0.2) is 33.1 Å². The highest BCUT2D eigenvalue weighted by Gasteiger charge is 2.29. The van der Waals surface area contributed by atoms with Crippen LogP contribution in [0.25, 0.3) is 16.7 Å². The molecule has 2 heterocycles. The number of hydrogen-bond donors (Lipinski definition) is 0. The summed E-state index contributed by atoms with van der Waals surface area (Å²) in [7, 11) is 1.92. The van der Waals surface area contributed by atoms with Gasteiger partial charge < -0.3 is 4.90 Å². The van der Waals surface area contributed by atoms with Crippen molar-refractivity contribution in [1.82, 2.24) is 19.6 Å². The normalized spacial score (nSPS) is 12.2. The fourth-order valence-electron chi connectivity index (χ4n) is 3.40. The molecule has 8 heteroatoms. The van der Waals surface area contributed by atoms with E-state index in [9.17, 15) is 8.78 Å². The highest BCUT2D eigenvalue weighted by Crippen LogP contribution is 2.33. The summed E-state index contributed by atoms with van der Waals surface area (Å²) in [6.07, 6.45) is 0.242. The number of rotatable bonds is 6. The monoisotopic (exact) mass is 429 g/mol. The Bertz CT molecular complexity index is 1200. The van der Waals surface area contributed by atoms with Gasteiger partial charge in [-0.25, -0.2) is 8.78 Å². The number of anilines is 2.